The number of aromatic nitrogens is 1. The Hall–Kier alpha value is -1.28. The number of aryl methyl sites for hydroxylation is 1. The fraction of sp³-hybridized carbons (Fsp3) is 0.538. The molecule has 1 unspecified atom stereocenters. The zero-order valence-electron chi connectivity index (χ0n) is 12.1. The quantitative estimate of drug-likeness (QED) is 0.886. The third kappa shape index (κ3) is 3.32. The van der Waals surface area contributed by atoms with Crippen molar-refractivity contribution in [3.05, 3.63) is 23.5 Å². The molecule has 0 bridgehead atoms. The van der Waals surface area contributed by atoms with Gasteiger partial charge in [-0.1, -0.05) is 6.92 Å². The van der Waals surface area contributed by atoms with E-state index in [0.29, 0.717) is 29.2 Å². The summed E-state index contributed by atoms with van der Waals surface area (Å²) in [6.45, 7) is 3.74. The molecule has 2 N–H and O–H groups in total. The number of sulfone groups is 1. The molecule has 21 heavy (non-hydrogen) atoms. The Labute approximate surface area is 129 Å². The first-order valence-corrected chi connectivity index (χ1v) is 9.56. The highest BCUT2D eigenvalue weighted by atomic mass is 32.2. The molecule has 1 saturated heterocycles. The van der Waals surface area contributed by atoms with Crippen LogP contribution >= 0.6 is 11.8 Å². The van der Waals surface area contributed by atoms with Crippen LogP contribution < -0.4 is 5.73 Å². The second-order valence-electron chi connectivity index (χ2n) is 4.88. The molecule has 1 aromatic rings. The third-order valence-electron chi connectivity index (χ3n) is 3.50. The Morgan fingerprint density at radius 1 is 1.57 bits per heavy atom. The topological polar surface area (TPSA) is 93.4 Å². The molecule has 0 radical (unpaired) electrons. The Morgan fingerprint density at radius 3 is 2.95 bits per heavy atom. The minimum atomic E-state index is -3.31. The maximum atomic E-state index is 12.7. The third-order valence-corrected chi connectivity index (χ3v) is 6.79. The predicted molar refractivity (Wildman–Crippen MR) is 85.0 cm³/mol. The van der Waals surface area contributed by atoms with Crippen molar-refractivity contribution in [2.45, 2.75) is 19.2 Å². The van der Waals surface area contributed by atoms with E-state index in [2.05, 4.69) is 4.98 Å². The lowest BCUT2D eigenvalue weighted by molar-refractivity contribution is 0.0748. The van der Waals surface area contributed by atoms with E-state index in [-0.39, 0.29) is 11.7 Å². The van der Waals surface area contributed by atoms with E-state index in [1.165, 1.54) is 11.1 Å². The van der Waals surface area contributed by atoms with Gasteiger partial charge in [0.25, 0.3) is 5.91 Å². The molecule has 2 heterocycles. The number of rotatable bonds is 3. The molecular weight excluding hydrogens is 310 g/mol. The highest BCUT2D eigenvalue weighted by Gasteiger charge is 2.36. The summed E-state index contributed by atoms with van der Waals surface area (Å²) < 4.78 is 24.4. The summed E-state index contributed by atoms with van der Waals surface area (Å²) in [7, 11) is -3.31. The van der Waals surface area contributed by atoms with Crippen LogP contribution in [0.5, 0.6) is 0 Å². The summed E-state index contributed by atoms with van der Waals surface area (Å²) in [5.74, 6) is 0.859. The van der Waals surface area contributed by atoms with Gasteiger partial charge in [0, 0.05) is 23.8 Å². The van der Waals surface area contributed by atoms with Crippen molar-refractivity contribution >= 4 is 33.2 Å². The van der Waals surface area contributed by atoms with Gasteiger partial charge in [-0.15, -0.1) is 0 Å². The van der Waals surface area contributed by atoms with Crippen molar-refractivity contribution in [3.8, 4) is 0 Å². The number of hydrogen-bond acceptors (Lipinski definition) is 6. The number of carbonyl (C=O) groups excluding carboxylic acids is 1. The summed E-state index contributed by atoms with van der Waals surface area (Å²) in [5, 5.41) is -0.769. The number of pyridine rings is 1. The Bertz CT molecular complexity index is 646. The lowest BCUT2D eigenvalue weighted by Gasteiger charge is -2.35. The van der Waals surface area contributed by atoms with Gasteiger partial charge in [0.1, 0.15) is 5.37 Å². The number of carbonyl (C=O) groups is 1. The molecule has 1 amide bonds. The lowest BCUT2D eigenvalue weighted by Crippen LogP contribution is -2.50. The number of anilines is 1. The molecule has 116 valence electrons. The number of amides is 1. The molecular formula is C13H19N3O3S2. The molecule has 1 aromatic heterocycles. The summed E-state index contributed by atoms with van der Waals surface area (Å²) in [6.07, 6.45) is 1.48. The lowest BCUT2D eigenvalue weighted by atomic mass is 10.1. The van der Waals surface area contributed by atoms with Gasteiger partial charge in [-0.2, -0.15) is 11.8 Å². The molecule has 0 saturated carbocycles. The van der Waals surface area contributed by atoms with Crippen LogP contribution in [-0.4, -0.2) is 53.4 Å². The summed E-state index contributed by atoms with van der Waals surface area (Å²) >= 11 is 1.56. The van der Waals surface area contributed by atoms with E-state index >= 15 is 0 Å². The van der Waals surface area contributed by atoms with Crippen LogP contribution in [0, 0.1) is 6.92 Å². The first-order chi connectivity index (χ1) is 9.86. The number of nitrogen functional groups attached to an aromatic ring is 1. The normalized spacial score (nSPS) is 19.5. The first kappa shape index (κ1) is 16.1. The van der Waals surface area contributed by atoms with Crippen LogP contribution in [0.15, 0.2) is 12.3 Å². The molecule has 6 nitrogen and oxygen atoms in total. The average molecular weight is 329 g/mol. The van der Waals surface area contributed by atoms with Crippen LogP contribution in [-0.2, 0) is 9.84 Å². The Balaban J connectivity index is 2.37. The molecule has 0 aliphatic carbocycles. The number of nitrogens with zero attached hydrogens (tertiary/aromatic N) is 2. The monoisotopic (exact) mass is 329 g/mol. The first-order valence-electron chi connectivity index (χ1n) is 6.69. The molecule has 1 fully saturated rings. The second kappa shape index (κ2) is 6.23. The average Bonchev–Trinajstić information content (AvgIpc) is 2.49. The van der Waals surface area contributed by atoms with Gasteiger partial charge in [-0.3, -0.25) is 9.78 Å². The largest absolute Gasteiger partial charge is 0.397 e. The van der Waals surface area contributed by atoms with Crippen molar-refractivity contribution in [3.63, 3.8) is 0 Å². The second-order valence-corrected chi connectivity index (χ2v) is 8.48. The van der Waals surface area contributed by atoms with Crippen LogP contribution in [0.4, 0.5) is 5.69 Å². The SMILES string of the molecule is CCS(=O)(=O)C1CSCCN1C(=O)c1cc(N)cnc1C. The summed E-state index contributed by atoms with van der Waals surface area (Å²) in [4.78, 5) is 18.2. The minimum Gasteiger partial charge on any atom is -0.397 e. The van der Waals surface area contributed by atoms with Gasteiger partial charge in [0.15, 0.2) is 9.84 Å². The van der Waals surface area contributed by atoms with Gasteiger partial charge in [0.05, 0.1) is 23.1 Å². The molecule has 1 atom stereocenters. The fourth-order valence-corrected chi connectivity index (χ4v) is 5.19. The van der Waals surface area contributed by atoms with Gasteiger partial charge in [-0.25, -0.2) is 8.42 Å². The van der Waals surface area contributed by atoms with E-state index in [1.54, 1.807) is 31.7 Å². The maximum absolute atomic E-state index is 12.7. The zero-order chi connectivity index (χ0) is 15.6. The van der Waals surface area contributed by atoms with Crippen molar-refractivity contribution in [2.24, 2.45) is 0 Å². The highest BCUT2D eigenvalue weighted by molar-refractivity contribution is 8.01. The van der Waals surface area contributed by atoms with E-state index in [9.17, 15) is 13.2 Å². The van der Waals surface area contributed by atoms with Gasteiger partial charge >= 0.3 is 0 Å². The van der Waals surface area contributed by atoms with Crippen LogP contribution in [0.1, 0.15) is 23.0 Å². The number of hydrogen-bond donors (Lipinski definition) is 1. The predicted octanol–water partition coefficient (Wildman–Crippen LogP) is 0.922. The molecule has 0 spiro atoms. The standard InChI is InChI=1S/C13H19N3O3S2/c1-3-21(18,19)12-8-20-5-4-16(12)13(17)11-6-10(14)7-15-9(11)2/h6-7,12H,3-5,8,14H2,1-2H3. The van der Waals surface area contributed by atoms with E-state index in [0.717, 1.165) is 5.75 Å². The van der Waals surface area contributed by atoms with E-state index < -0.39 is 15.2 Å². The Morgan fingerprint density at radius 2 is 2.29 bits per heavy atom. The molecule has 0 aromatic carbocycles. The summed E-state index contributed by atoms with van der Waals surface area (Å²) in [5.41, 5.74) is 7.01. The molecule has 1 aliphatic rings. The van der Waals surface area contributed by atoms with Crippen LogP contribution in [0.2, 0.25) is 0 Å². The van der Waals surface area contributed by atoms with Crippen molar-refractivity contribution in [1.82, 2.24) is 9.88 Å². The van der Waals surface area contributed by atoms with Crippen LogP contribution in [0.3, 0.4) is 0 Å². The number of thioether (sulfide) groups is 1. The van der Waals surface area contributed by atoms with Gasteiger partial charge in [-0.05, 0) is 13.0 Å². The smallest absolute Gasteiger partial charge is 0.256 e. The minimum absolute atomic E-state index is 0.0240. The van der Waals surface area contributed by atoms with Crippen LogP contribution in [0.25, 0.3) is 0 Å². The van der Waals surface area contributed by atoms with E-state index in [1.807, 2.05) is 0 Å². The fourth-order valence-electron chi connectivity index (χ4n) is 2.22. The van der Waals surface area contributed by atoms with Crippen molar-refractivity contribution in [1.29, 1.82) is 0 Å². The molecule has 2 rings (SSSR count). The number of nitrogens with two attached hydrogens (primary N) is 1. The maximum Gasteiger partial charge on any atom is 0.256 e. The van der Waals surface area contributed by atoms with Crippen molar-refractivity contribution in [2.75, 3.05) is 29.5 Å². The Kier molecular flexibility index (Phi) is 4.77. The van der Waals surface area contributed by atoms with Gasteiger partial charge in [0.2, 0.25) is 0 Å². The molecule has 1 aliphatic heterocycles. The van der Waals surface area contributed by atoms with E-state index in [4.69, 9.17) is 5.73 Å². The summed E-state index contributed by atoms with van der Waals surface area (Å²) in [6, 6.07) is 1.56. The molecule has 8 heteroatoms. The van der Waals surface area contributed by atoms with Gasteiger partial charge < -0.3 is 10.6 Å². The highest BCUT2D eigenvalue weighted by Crippen LogP contribution is 2.24. The zero-order valence-corrected chi connectivity index (χ0v) is 13.7. The van der Waals surface area contributed by atoms with Crippen molar-refractivity contribution < 1.29 is 13.2 Å².